The van der Waals surface area contributed by atoms with Crippen LogP contribution in [0.25, 0.3) is 0 Å². The predicted molar refractivity (Wildman–Crippen MR) is 88.6 cm³/mol. The molecule has 0 saturated heterocycles. The number of rotatable bonds is 4. The van der Waals surface area contributed by atoms with Gasteiger partial charge in [0.15, 0.2) is 11.5 Å². The first-order valence-corrected chi connectivity index (χ1v) is 7.37. The summed E-state index contributed by atoms with van der Waals surface area (Å²) in [5, 5.41) is 2.37. The molecule has 6 nitrogen and oxygen atoms in total. The molecule has 3 rings (SSSR count). The van der Waals surface area contributed by atoms with Crippen molar-refractivity contribution in [3.63, 3.8) is 0 Å². The second-order valence-corrected chi connectivity index (χ2v) is 5.24. The van der Waals surface area contributed by atoms with Crippen LogP contribution in [0.5, 0.6) is 0 Å². The quantitative estimate of drug-likeness (QED) is 0.724. The Morgan fingerprint density at radius 2 is 1.73 bits per heavy atom. The fourth-order valence-electron chi connectivity index (χ4n) is 2.22. The van der Waals surface area contributed by atoms with E-state index in [4.69, 9.17) is 0 Å². The van der Waals surface area contributed by atoms with Crippen molar-refractivity contribution >= 4 is 23.0 Å². The van der Waals surface area contributed by atoms with Crippen molar-refractivity contribution in [2.75, 3.05) is 17.3 Å². The van der Waals surface area contributed by atoms with Gasteiger partial charge in [0.25, 0.3) is 5.91 Å². The van der Waals surface area contributed by atoms with Crippen LogP contribution in [0.2, 0.25) is 0 Å². The minimum absolute atomic E-state index is 0.130. The van der Waals surface area contributed by atoms with Gasteiger partial charge in [0.1, 0.15) is 12.1 Å². The molecule has 2 aromatic heterocycles. The lowest BCUT2D eigenvalue weighted by atomic mass is 10.2. The summed E-state index contributed by atoms with van der Waals surface area (Å²) in [5.41, 5.74) is 0.138. The number of carbonyl (C=O) groups excluding carboxylic acids is 1. The predicted octanol–water partition coefficient (Wildman–Crippen LogP) is 3.31. The normalized spacial score (nSPS) is 10.5. The van der Waals surface area contributed by atoms with Crippen LogP contribution >= 0.6 is 0 Å². The third-order valence-electron chi connectivity index (χ3n) is 3.53. The van der Waals surface area contributed by atoms with Crippen molar-refractivity contribution in [2.45, 2.75) is 0 Å². The summed E-state index contributed by atoms with van der Waals surface area (Å²) in [6.45, 7) is 0. The molecular weight excluding hydrogens is 347 g/mol. The number of benzene rings is 1. The molecule has 0 aliphatic rings. The molecule has 0 atom stereocenters. The van der Waals surface area contributed by atoms with Crippen molar-refractivity contribution in [3.8, 4) is 0 Å². The Balaban J connectivity index is 1.88. The van der Waals surface area contributed by atoms with E-state index in [2.05, 4.69) is 20.3 Å². The topological polar surface area (TPSA) is 71.0 Å². The minimum Gasteiger partial charge on any atom is -0.340 e. The minimum atomic E-state index is -0.986. The number of halogens is 3. The molecule has 2 heterocycles. The summed E-state index contributed by atoms with van der Waals surface area (Å²) in [4.78, 5) is 24.5. The van der Waals surface area contributed by atoms with E-state index in [0.29, 0.717) is 5.69 Å². The standard InChI is InChI=1S/C17H12F3N5O/c1-25(11-7-21-9-22-8-11)14-6-10(2-3-12(14)18)23-17(26)16-13(19)4-5-15(20)24-16/h2-9H,1H3,(H,23,26). The Kier molecular flexibility index (Phi) is 4.78. The number of nitrogens with zero attached hydrogens (tertiary/aromatic N) is 4. The summed E-state index contributed by atoms with van der Waals surface area (Å²) in [6.07, 6.45) is 4.32. The SMILES string of the molecule is CN(c1cncnc1)c1cc(NC(=O)c2nc(F)ccc2F)ccc1F. The number of carbonyl (C=O) groups is 1. The van der Waals surface area contributed by atoms with Crippen molar-refractivity contribution in [2.24, 2.45) is 0 Å². The summed E-state index contributed by atoms with van der Waals surface area (Å²) in [6, 6.07) is 5.39. The summed E-state index contributed by atoms with van der Waals surface area (Å²) in [7, 11) is 1.59. The van der Waals surface area contributed by atoms with E-state index in [1.54, 1.807) is 7.05 Å². The molecule has 132 valence electrons. The molecule has 0 saturated carbocycles. The fraction of sp³-hybridized carbons (Fsp3) is 0.0588. The van der Waals surface area contributed by atoms with Gasteiger partial charge in [-0.1, -0.05) is 0 Å². The van der Waals surface area contributed by atoms with E-state index >= 15 is 0 Å². The fourth-order valence-corrected chi connectivity index (χ4v) is 2.22. The molecule has 0 fully saturated rings. The van der Waals surface area contributed by atoms with Crippen LogP contribution in [0.3, 0.4) is 0 Å². The first-order valence-electron chi connectivity index (χ1n) is 7.37. The third kappa shape index (κ3) is 3.61. The highest BCUT2D eigenvalue weighted by Gasteiger charge is 2.17. The molecular formula is C17H12F3N5O. The number of nitrogens with one attached hydrogen (secondary N) is 1. The maximum atomic E-state index is 14.2. The van der Waals surface area contributed by atoms with Crippen LogP contribution in [-0.4, -0.2) is 27.9 Å². The van der Waals surface area contributed by atoms with E-state index < -0.39 is 29.2 Å². The van der Waals surface area contributed by atoms with E-state index in [0.717, 1.165) is 18.2 Å². The van der Waals surface area contributed by atoms with E-state index in [1.807, 2.05) is 0 Å². The van der Waals surface area contributed by atoms with Crippen LogP contribution < -0.4 is 10.2 Å². The Labute approximate surface area is 146 Å². The average Bonchev–Trinajstić information content (AvgIpc) is 2.65. The van der Waals surface area contributed by atoms with Gasteiger partial charge >= 0.3 is 0 Å². The number of pyridine rings is 1. The highest BCUT2D eigenvalue weighted by molar-refractivity contribution is 6.03. The first kappa shape index (κ1) is 17.3. The number of hydrogen-bond acceptors (Lipinski definition) is 5. The smallest absolute Gasteiger partial charge is 0.277 e. The Morgan fingerprint density at radius 1 is 1.04 bits per heavy atom. The molecule has 1 amide bonds. The van der Waals surface area contributed by atoms with Crippen LogP contribution in [0.4, 0.5) is 30.2 Å². The van der Waals surface area contributed by atoms with Gasteiger partial charge in [0, 0.05) is 12.7 Å². The summed E-state index contributed by atoms with van der Waals surface area (Å²) >= 11 is 0. The van der Waals surface area contributed by atoms with E-state index in [1.165, 1.54) is 35.8 Å². The number of aromatic nitrogens is 3. The van der Waals surface area contributed by atoms with E-state index in [-0.39, 0.29) is 11.4 Å². The van der Waals surface area contributed by atoms with Crippen molar-refractivity contribution in [1.29, 1.82) is 0 Å². The molecule has 3 aromatic rings. The van der Waals surface area contributed by atoms with Crippen LogP contribution in [0.15, 0.2) is 49.1 Å². The van der Waals surface area contributed by atoms with Crippen molar-refractivity contribution < 1.29 is 18.0 Å². The lowest BCUT2D eigenvalue weighted by molar-refractivity contribution is 0.101. The molecule has 0 spiro atoms. The Morgan fingerprint density at radius 3 is 2.46 bits per heavy atom. The highest BCUT2D eigenvalue weighted by Crippen LogP contribution is 2.28. The van der Waals surface area contributed by atoms with Gasteiger partial charge in [-0.15, -0.1) is 0 Å². The van der Waals surface area contributed by atoms with Gasteiger partial charge < -0.3 is 10.2 Å². The number of hydrogen-bond donors (Lipinski definition) is 1. The van der Waals surface area contributed by atoms with Gasteiger partial charge in [0.05, 0.1) is 23.8 Å². The van der Waals surface area contributed by atoms with Crippen LogP contribution in [0, 0.1) is 17.6 Å². The largest absolute Gasteiger partial charge is 0.340 e. The Hall–Kier alpha value is -3.49. The van der Waals surface area contributed by atoms with Gasteiger partial charge in [-0.25, -0.2) is 23.7 Å². The van der Waals surface area contributed by atoms with Crippen molar-refractivity contribution in [3.05, 3.63) is 72.3 Å². The number of amides is 1. The highest BCUT2D eigenvalue weighted by atomic mass is 19.1. The molecule has 0 aliphatic heterocycles. The molecule has 0 radical (unpaired) electrons. The lowest BCUT2D eigenvalue weighted by Gasteiger charge is -2.20. The van der Waals surface area contributed by atoms with Crippen molar-refractivity contribution in [1.82, 2.24) is 15.0 Å². The molecule has 9 heteroatoms. The third-order valence-corrected chi connectivity index (χ3v) is 3.53. The average molecular weight is 359 g/mol. The van der Waals surface area contributed by atoms with Crippen LogP contribution in [-0.2, 0) is 0 Å². The van der Waals surface area contributed by atoms with Gasteiger partial charge in [-0.3, -0.25) is 4.79 Å². The molecule has 1 N–H and O–H groups in total. The second kappa shape index (κ2) is 7.18. The molecule has 1 aromatic carbocycles. The van der Waals surface area contributed by atoms with Gasteiger partial charge in [0.2, 0.25) is 5.95 Å². The zero-order valence-corrected chi connectivity index (χ0v) is 13.4. The zero-order valence-electron chi connectivity index (χ0n) is 13.4. The lowest BCUT2D eigenvalue weighted by Crippen LogP contribution is -2.17. The van der Waals surface area contributed by atoms with E-state index in [9.17, 15) is 18.0 Å². The Bertz CT molecular complexity index is 952. The molecule has 26 heavy (non-hydrogen) atoms. The second-order valence-electron chi connectivity index (χ2n) is 5.24. The van der Waals surface area contributed by atoms with Gasteiger partial charge in [-0.2, -0.15) is 4.39 Å². The zero-order chi connectivity index (χ0) is 18.7. The molecule has 0 unspecified atom stereocenters. The van der Waals surface area contributed by atoms with Gasteiger partial charge in [-0.05, 0) is 30.3 Å². The number of anilines is 3. The molecule has 0 bridgehead atoms. The maximum absolute atomic E-state index is 14.2. The summed E-state index contributed by atoms with van der Waals surface area (Å²) in [5.74, 6) is -3.46. The van der Waals surface area contributed by atoms with Crippen LogP contribution in [0.1, 0.15) is 10.5 Å². The summed E-state index contributed by atoms with van der Waals surface area (Å²) < 4.78 is 40.9. The molecule has 0 aliphatic carbocycles. The maximum Gasteiger partial charge on any atom is 0.277 e. The first-order chi connectivity index (χ1) is 12.5. The monoisotopic (exact) mass is 359 g/mol.